The number of urea groups is 1. The second-order valence-corrected chi connectivity index (χ2v) is 5.43. The van der Waals surface area contributed by atoms with Crippen molar-refractivity contribution in [2.45, 2.75) is 6.92 Å². The molecule has 0 heterocycles. The van der Waals surface area contributed by atoms with E-state index in [4.69, 9.17) is 11.6 Å². The molecule has 0 fully saturated rings. The van der Waals surface area contributed by atoms with Gasteiger partial charge in [-0.3, -0.25) is 0 Å². The Kier molecular flexibility index (Phi) is 4.62. The maximum atomic E-state index is 13.1. The van der Waals surface area contributed by atoms with Gasteiger partial charge in [0, 0.05) is 15.2 Å². The molecule has 0 aliphatic heterocycles. The number of carbonyl (C=O) groups is 1. The van der Waals surface area contributed by atoms with Crippen molar-refractivity contribution in [2.75, 3.05) is 10.6 Å². The topological polar surface area (TPSA) is 41.1 Å². The number of aryl methyl sites for hydroxylation is 1. The second kappa shape index (κ2) is 6.24. The van der Waals surface area contributed by atoms with E-state index in [9.17, 15) is 9.18 Å². The fourth-order valence-electron chi connectivity index (χ4n) is 1.55. The lowest BCUT2D eigenvalue weighted by Gasteiger charge is -2.10. The predicted octanol–water partition coefficient (Wildman–Crippen LogP) is 5.19. The molecule has 0 atom stereocenters. The number of carbonyl (C=O) groups excluding carboxylic acids is 1. The van der Waals surface area contributed by atoms with E-state index in [1.165, 1.54) is 18.2 Å². The zero-order valence-corrected chi connectivity index (χ0v) is 12.8. The molecular formula is C14H11BrClFN2O. The number of halogens is 3. The van der Waals surface area contributed by atoms with Crippen LogP contribution in [0.15, 0.2) is 40.9 Å². The molecule has 0 saturated heterocycles. The molecule has 2 rings (SSSR count). The minimum Gasteiger partial charge on any atom is -0.308 e. The molecule has 2 N–H and O–H groups in total. The van der Waals surface area contributed by atoms with Crippen LogP contribution in [0.3, 0.4) is 0 Å². The van der Waals surface area contributed by atoms with E-state index in [-0.39, 0.29) is 0 Å². The highest BCUT2D eigenvalue weighted by Crippen LogP contribution is 2.24. The van der Waals surface area contributed by atoms with E-state index < -0.39 is 11.8 Å². The zero-order valence-electron chi connectivity index (χ0n) is 10.5. The van der Waals surface area contributed by atoms with Crippen molar-refractivity contribution in [3.8, 4) is 0 Å². The van der Waals surface area contributed by atoms with Crippen molar-refractivity contribution in [3.63, 3.8) is 0 Å². The van der Waals surface area contributed by atoms with E-state index >= 15 is 0 Å². The zero-order chi connectivity index (χ0) is 14.7. The summed E-state index contributed by atoms with van der Waals surface area (Å²) in [5, 5.41) is 5.75. The molecule has 2 aromatic carbocycles. The van der Waals surface area contributed by atoms with Gasteiger partial charge in [-0.25, -0.2) is 9.18 Å². The highest BCUT2D eigenvalue weighted by atomic mass is 79.9. The Morgan fingerprint density at radius 2 is 1.95 bits per heavy atom. The molecule has 20 heavy (non-hydrogen) atoms. The highest BCUT2D eigenvalue weighted by molar-refractivity contribution is 9.10. The molecule has 6 heteroatoms. The summed E-state index contributed by atoms with van der Waals surface area (Å²) in [6.45, 7) is 1.87. The van der Waals surface area contributed by atoms with Gasteiger partial charge in [0.25, 0.3) is 0 Å². The molecule has 0 aliphatic rings. The first-order valence-electron chi connectivity index (χ1n) is 5.75. The first-order valence-corrected chi connectivity index (χ1v) is 6.92. The number of benzene rings is 2. The Labute approximate surface area is 129 Å². The van der Waals surface area contributed by atoms with Gasteiger partial charge in [0.05, 0.1) is 5.69 Å². The van der Waals surface area contributed by atoms with E-state index in [1.54, 1.807) is 18.2 Å². The van der Waals surface area contributed by atoms with E-state index in [1.807, 2.05) is 6.92 Å². The number of hydrogen-bond donors (Lipinski definition) is 2. The molecule has 0 aliphatic carbocycles. The number of amides is 2. The van der Waals surface area contributed by atoms with Crippen LogP contribution in [0.25, 0.3) is 0 Å². The molecule has 0 unspecified atom stereocenters. The first kappa shape index (κ1) is 14.8. The van der Waals surface area contributed by atoms with Crippen LogP contribution in [0.4, 0.5) is 20.6 Å². The lowest BCUT2D eigenvalue weighted by atomic mass is 10.2. The third-order valence-corrected chi connectivity index (χ3v) is 3.71. The Balaban J connectivity index is 2.09. The summed E-state index contributed by atoms with van der Waals surface area (Å²) >= 11 is 9.21. The van der Waals surface area contributed by atoms with Gasteiger partial charge in [0.15, 0.2) is 0 Å². The second-order valence-electron chi connectivity index (χ2n) is 4.17. The molecule has 0 spiro atoms. The smallest absolute Gasteiger partial charge is 0.308 e. The van der Waals surface area contributed by atoms with Gasteiger partial charge in [0.1, 0.15) is 5.82 Å². The van der Waals surface area contributed by atoms with Gasteiger partial charge in [0.2, 0.25) is 0 Å². The molecular weight excluding hydrogens is 347 g/mol. The number of nitrogens with one attached hydrogen (secondary N) is 2. The lowest BCUT2D eigenvalue weighted by molar-refractivity contribution is 0.262. The number of rotatable bonds is 2. The number of anilines is 2. The van der Waals surface area contributed by atoms with Gasteiger partial charge >= 0.3 is 6.03 Å². The van der Waals surface area contributed by atoms with Crippen molar-refractivity contribution < 1.29 is 9.18 Å². The third-order valence-electron chi connectivity index (χ3n) is 2.61. The average Bonchev–Trinajstić information content (AvgIpc) is 2.38. The van der Waals surface area contributed by atoms with Crippen LogP contribution in [0.2, 0.25) is 5.02 Å². The summed E-state index contributed by atoms with van der Waals surface area (Å²) in [5.41, 5.74) is 1.83. The summed E-state index contributed by atoms with van der Waals surface area (Å²) in [6, 6.07) is 8.76. The molecule has 0 aromatic heterocycles. The summed E-state index contributed by atoms with van der Waals surface area (Å²) in [6.07, 6.45) is 0. The van der Waals surface area contributed by atoms with E-state index in [2.05, 4.69) is 26.6 Å². The molecule has 3 nitrogen and oxygen atoms in total. The van der Waals surface area contributed by atoms with Gasteiger partial charge < -0.3 is 10.6 Å². The Morgan fingerprint density at radius 3 is 2.65 bits per heavy atom. The minimum atomic E-state index is -0.476. The molecule has 104 valence electrons. The minimum absolute atomic E-state index is 0.348. The fourth-order valence-corrected chi connectivity index (χ4v) is 2.07. The van der Waals surface area contributed by atoms with Crippen LogP contribution >= 0.6 is 27.5 Å². The monoisotopic (exact) mass is 356 g/mol. The van der Waals surface area contributed by atoms with Gasteiger partial charge in [-0.2, -0.15) is 0 Å². The maximum absolute atomic E-state index is 13.1. The van der Waals surface area contributed by atoms with Crippen molar-refractivity contribution in [3.05, 3.63) is 57.3 Å². The molecule has 2 amide bonds. The van der Waals surface area contributed by atoms with Gasteiger partial charge in [-0.05, 0) is 58.7 Å². The first-order chi connectivity index (χ1) is 9.45. The Hall–Kier alpha value is -1.59. The van der Waals surface area contributed by atoms with Crippen molar-refractivity contribution >= 4 is 44.9 Å². The summed E-state index contributed by atoms with van der Waals surface area (Å²) in [5.74, 6) is -0.429. The maximum Gasteiger partial charge on any atom is 0.323 e. The van der Waals surface area contributed by atoms with Crippen LogP contribution in [-0.4, -0.2) is 6.03 Å². The SMILES string of the molecule is Cc1ccc(NC(=O)Nc2cc(F)ccc2Br)cc1Cl. The van der Waals surface area contributed by atoms with Crippen LogP contribution < -0.4 is 10.6 Å². The van der Waals surface area contributed by atoms with Crippen LogP contribution in [-0.2, 0) is 0 Å². The van der Waals surface area contributed by atoms with Crippen molar-refractivity contribution in [2.24, 2.45) is 0 Å². The van der Waals surface area contributed by atoms with Crippen LogP contribution in [0.1, 0.15) is 5.56 Å². The van der Waals surface area contributed by atoms with E-state index in [0.717, 1.165) is 5.56 Å². The normalized spacial score (nSPS) is 10.2. The van der Waals surface area contributed by atoms with E-state index in [0.29, 0.717) is 20.9 Å². The summed E-state index contributed by atoms with van der Waals surface area (Å²) < 4.78 is 13.7. The van der Waals surface area contributed by atoms with Gasteiger partial charge in [-0.15, -0.1) is 0 Å². The highest BCUT2D eigenvalue weighted by Gasteiger charge is 2.07. The Morgan fingerprint density at radius 1 is 1.20 bits per heavy atom. The quantitative estimate of drug-likeness (QED) is 0.762. The molecule has 0 bridgehead atoms. The van der Waals surface area contributed by atoms with Crippen LogP contribution in [0.5, 0.6) is 0 Å². The molecule has 0 radical (unpaired) electrons. The molecule has 0 saturated carbocycles. The fraction of sp³-hybridized carbons (Fsp3) is 0.0714. The standard InChI is InChI=1S/C14H11BrClFN2O/c1-8-2-4-10(7-12(8)16)18-14(20)19-13-6-9(17)3-5-11(13)15/h2-7H,1H3,(H2,18,19,20). The lowest BCUT2D eigenvalue weighted by Crippen LogP contribution is -2.19. The molecule has 2 aromatic rings. The Bertz CT molecular complexity index is 664. The largest absolute Gasteiger partial charge is 0.323 e. The third kappa shape index (κ3) is 3.71. The van der Waals surface area contributed by atoms with Crippen LogP contribution in [0, 0.1) is 12.7 Å². The van der Waals surface area contributed by atoms with Crippen molar-refractivity contribution in [1.29, 1.82) is 0 Å². The average molecular weight is 358 g/mol. The summed E-state index contributed by atoms with van der Waals surface area (Å²) in [7, 11) is 0. The van der Waals surface area contributed by atoms with Crippen molar-refractivity contribution in [1.82, 2.24) is 0 Å². The summed E-state index contributed by atoms with van der Waals surface area (Å²) in [4.78, 5) is 11.8. The predicted molar refractivity (Wildman–Crippen MR) is 82.9 cm³/mol. The van der Waals surface area contributed by atoms with Gasteiger partial charge in [-0.1, -0.05) is 17.7 Å². The number of hydrogen-bond acceptors (Lipinski definition) is 1.